The van der Waals surface area contributed by atoms with Crippen LogP contribution in [-0.4, -0.2) is 42.1 Å². The van der Waals surface area contributed by atoms with Gasteiger partial charge in [0.05, 0.1) is 6.42 Å². The highest BCUT2D eigenvalue weighted by Gasteiger charge is 2.10. The maximum absolute atomic E-state index is 11.5. The molecule has 0 aliphatic carbocycles. The lowest BCUT2D eigenvalue weighted by atomic mass is 10.3. The van der Waals surface area contributed by atoms with E-state index in [0.717, 1.165) is 0 Å². The van der Waals surface area contributed by atoms with Crippen molar-refractivity contribution in [2.24, 2.45) is 0 Å². The molecule has 1 aromatic rings. The van der Waals surface area contributed by atoms with Crippen molar-refractivity contribution in [3.8, 4) is 5.75 Å². The molecule has 0 fully saturated rings. The Morgan fingerprint density at radius 2 is 1.94 bits per heavy atom. The van der Waals surface area contributed by atoms with Crippen molar-refractivity contribution < 1.29 is 19.4 Å². The molecule has 0 aromatic heterocycles. The van der Waals surface area contributed by atoms with Gasteiger partial charge in [-0.3, -0.25) is 9.59 Å². The standard InChI is InChI=1S/C12H15NO4/c1-13(8-7-12(15)16)11(14)9-17-10-5-3-2-4-6-10/h2-6H,7-9H2,1H3,(H,15,16). The number of carbonyl (C=O) groups is 2. The number of carboxylic acids is 1. The summed E-state index contributed by atoms with van der Waals surface area (Å²) < 4.78 is 5.26. The first-order valence-corrected chi connectivity index (χ1v) is 5.23. The number of likely N-dealkylation sites (N-methyl/N-ethyl adjacent to an activating group) is 1. The van der Waals surface area contributed by atoms with Crippen LogP contribution >= 0.6 is 0 Å². The smallest absolute Gasteiger partial charge is 0.305 e. The molecule has 0 spiro atoms. The Hall–Kier alpha value is -2.04. The molecular formula is C12H15NO4. The zero-order valence-corrected chi connectivity index (χ0v) is 9.63. The van der Waals surface area contributed by atoms with Crippen LogP contribution < -0.4 is 4.74 Å². The van der Waals surface area contributed by atoms with E-state index < -0.39 is 5.97 Å². The van der Waals surface area contributed by atoms with Crippen molar-refractivity contribution in [3.05, 3.63) is 30.3 Å². The van der Waals surface area contributed by atoms with Crippen molar-refractivity contribution in [1.29, 1.82) is 0 Å². The van der Waals surface area contributed by atoms with Gasteiger partial charge in [-0.15, -0.1) is 0 Å². The highest BCUT2D eigenvalue weighted by molar-refractivity contribution is 5.78. The minimum Gasteiger partial charge on any atom is -0.484 e. The van der Waals surface area contributed by atoms with E-state index in [9.17, 15) is 9.59 Å². The van der Waals surface area contributed by atoms with E-state index in [0.29, 0.717) is 5.75 Å². The molecule has 0 aliphatic heterocycles. The first-order chi connectivity index (χ1) is 8.09. The summed E-state index contributed by atoms with van der Waals surface area (Å²) in [5, 5.41) is 8.48. The minimum absolute atomic E-state index is 0.0619. The molecule has 0 saturated heterocycles. The Morgan fingerprint density at radius 3 is 2.53 bits per heavy atom. The van der Waals surface area contributed by atoms with Crippen molar-refractivity contribution in [2.75, 3.05) is 20.2 Å². The van der Waals surface area contributed by atoms with Gasteiger partial charge in [0.25, 0.3) is 5.91 Å². The molecular weight excluding hydrogens is 222 g/mol. The van der Waals surface area contributed by atoms with Crippen molar-refractivity contribution in [2.45, 2.75) is 6.42 Å². The fourth-order valence-corrected chi connectivity index (χ4v) is 1.16. The second-order valence-electron chi connectivity index (χ2n) is 3.56. The molecule has 0 radical (unpaired) electrons. The predicted octanol–water partition coefficient (Wildman–Crippen LogP) is 0.998. The third kappa shape index (κ3) is 5.01. The minimum atomic E-state index is -0.923. The molecule has 0 unspecified atom stereocenters. The number of hydrogen-bond donors (Lipinski definition) is 1. The van der Waals surface area contributed by atoms with Crippen LogP contribution in [0.5, 0.6) is 5.75 Å². The number of rotatable bonds is 6. The number of amides is 1. The van der Waals surface area contributed by atoms with Crippen molar-refractivity contribution in [3.63, 3.8) is 0 Å². The van der Waals surface area contributed by atoms with E-state index in [2.05, 4.69) is 0 Å². The maximum atomic E-state index is 11.5. The monoisotopic (exact) mass is 237 g/mol. The molecule has 0 atom stereocenters. The van der Waals surface area contributed by atoms with Gasteiger partial charge in [-0.1, -0.05) is 18.2 Å². The van der Waals surface area contributed by atoms with Gasteiger partial charge in [-0.25, -0.2) is 0 Å². The van der Waals surface area contributed by atoms with Crippen molar-refractivity contribution >= 4 is 11.9 Å². The average Bonchev–Trinajstić information content (AvgIpc) is 2.34. The third-order valence-corrected chi connectivity index (χ3v) is 2.19. The highest BCUT2D eigenvalue weighted by Crippen LogP contribution is 2.08. The van der Waals surface area contributed by atoms with E-state index >= 15 is 0 Å². The topological polar surface area (TPSA) is 66.8 Å². The van der Waals surface area contributed by atoms with E-state index in [4.69, 9.17) is 9.84 Å². The Morgan fingerprint density at radius 1 is 1.29 bits per heavy atom. The van der Waals surface area contributed by atoms with Crippen LogP contribution in [0.4, 0.5) is 0 Å². The predicted molar refractivity (Wildman–Crippen MR) is 61.8 cm³/mol. The molecule has 0 heterocycles. The fraction of sp³-hybridized carbons (Fsp3) is 0.333. The normalized spacial score (nSPS) is 9.71. The molecule has 1 N–H and O–H groups in total. The Bertz CT molecular complexity index is 377. The van der Waals surface area contributed by atoms with E-state index in [1.54, 1.807) is 19.2 Å². The number of ether oxygens (including phenoxy) is 1. The van der Waals surface area contributed by atoms with Gasteiger partial charge in [-0.2, -0.15) is 0 Å². The first-order valence-electron chi connectivity index (χ1n) is 5.23. The lowest BCUT2D eigenvalue weighted by molar-refractivity contribution is -0.138. The number of aliphatic carboxylic acids is 1. The van der Waals surface area contributed by atoms with Crippen molar-refractivity contribution in [1.82, 2.24) is 4.90 Å². The number of para-hydroxylation sites is 1. The average molecular weight is 237 g/mol. The van der Waals surface area contributed by atoms with E-state index in [1.807, 2.05) is 18.2 Å². The molecule has 1 aromatic carbocycles. The van der Waals surface area contributed by atoms with Crippen LogP contribution in [0.2, 0.25) is 0 Å². The van der Waals surface area contributed by atoms with Crippen LogP contribution in [0.1, 0.15) is 6.42 Å². The summed E-state index contributed by atoms with van der Waals surface area (Å²) in [5.41, 5.74) is 0. The molecule has 0 saturated carbocycles. The van der Waals surface area contributed by atoms with Crippen LogP contribution in [-0.2, 0) is 9.59 Å². The van der Waals surface area contributed by atoms with Crippen LogP contribution in [0.25, 0.3) is 0 Å². The second-order valence-corrected chi connectivity index (χ2v) is 3.56. The number of carbonyl (C=O) groups excluding carboxylic acids is 1. The second kappa shape index (κ2) is 6.52. The Balaban J connectivity index is 2.32. The zero-order valence-electron chi connectivity index (χ0n) is 9.63. The molecule has 1 rings (SSSR count). The fourth-order valence-electron chi connectivity index (χ4n) is 1.16. The third-order valence-electron chi connectivity index (χ3n) is 2.19. The van der Waals surface area contributed by atoms with Gasteiger partial charge < -0.3 is 14.7 Å². The van der Waals surface area contributed by atoms with Crippen LogP contribution in [0.15, 0.2) is 30.3 Å². The van der Waals surface area contributed by atoms with E-state index in [1.165, 1.54) is 4.90 Å². The lowest BCUT2D eigenvalue weighted by Crippen LogP contribution is -2.33. The van der Waals surface area contributed by atoms with Gasteiger partial charge in [-0.05, 0) is 12.1 Å². The Labute approximate surface area is 99.6 Å². The van der Waals surface area contributed by atoms with Gasteiger partial charge in [0.15, 0.2) is 6.61 Å². The molecule has 1 amide bonds. The van der Waals surface area contributed by atoms with Gasteiger partial charge in [0.2, 0.25) is 0 Å². The number of hydrogen-bond acceptors (Lipinski definition) is 3. The molecule has 5 heteroatoms. The molecule has 0 bridgehead atoms. The summed E-state index contributed by atoms with van der Waals surface area (Å²) in [6, 6.07) is 8.99. The highest BCUT2D eigenvalue weighted by atomic mass is 16.5. The maximum Gasteiger partial charge on any atom is 0.305 e. The largest absolute Gasteiger partial charge is 0.484 e. The summed E-state index contributed by atoms with van der Waals surface area (Å²) in [4.78, 5) is 23.2. The number of carboxylic acid groups (broad SMARTS) is 1. The van der Waals surface area contributed by atoms with Gasteiger partial charge in [0, 0.05) is 13.6 Å². The Kier molecular flexibility index (Phi) is 5.00. The SMILES string of the molecule is CN(CCC(=O)O)C(=O)COc1ccccc1. The van der Waals surface area contributed by atoms with E-state index in [-0.39, 0.29) is 25.5 Å². The summed E-state index contributed by atoms with van der Waals surface area (Å²) in [6.45, 7) is 0.104. The van der Waals surface area contributed by atoms with Gasteiger partial charge in [0.1, 0.15) is 5.75 Å². The molecule has 0 aliphatic rings. The zero-order chi connectivity index (χ0) is 12.7. The summed E-state index contributed by atoms with van der Waals surface area (Å²) in [6.07, 6.45) is -0.0619. The molecule has 17 heavy (non-hydrogen) atoms. The quantitative estimate of drug-likeness (QED) is 0.801. The summed E-state index contributed by atoms with van der Waals surface area (Å²) in [5.74, 6) is -0.545. The summed E-state index contributed by atoms with van der Waals surface area (Å²) in [7, 11) is 1.56. The van der Waals surface area contributed by atoms with Crippen LogP contribution in [0.3, 0.4) is 0 Å². The number of benzene rings is 1. The van der Waals surface area contributed by atoms with Gasteiger partial charge >= 0.3 is 5.97 Å². The first kappa shape index (κ1) is 13.0. The molecule has 5 nitrogen and oxygen atoms in total. The summed E-state index contributed by atoms with van der Waals surface area (Å²) >= 11 is 0. The van der Waals surface area contributed by atoms with Crippen LogP contribution in [0, 0.1) is 0 Å². The lowest BCUT2D eigenvalue weighted by Gasteiger charge is -2.16. The number of nitrogens with zero attached hydrogens (tertiary/aromatic N) is 1. The molecule has 92 valence electrons.